The molecule has 70 valence electrons. The lowest BCUT2D eigenvalue weighted by molar-refractivity contribution is 0.0878. The van der Waals surface area contributed by atoms with Crippen molar-refractivity contribution in [2.75, 3.05) is 13.2 Å². The van der Waals surface area contributed by atoms with Gasteiger partial charge in [-0.05, 0) is 12.8 Å². The molecule has 1 aliphatic heterocycles. The predicted octanol–water partition coefficient (Wildman–Crippen LogP) is 0.470. The van der Waals surface area contributed by atoms with Gasteiger partial charge in [0.05, 0.1) is 6.10 Å². The lowest BCUT2D eigenvalue weighted by Crippen LogP contribution is -2.36. The minimum atomic E-state index is -0.447. The molecule has 1 heterocycles. The van der Waals surface area contributed by atoms with Gasteiger partial charge in [0.2, 0.25) is 0 Å². The molecule has 2 amide bonds. The Balaban J connectivity index is 2.26. The molecule has 1 fully saturated rings. The minimum Gasteiger partial charge on any atom is -0.378 e. The zero-order valence-electron chi connectivity index (χ0n) is 7.38. The molecule has 1 saturated heterocycles. The molecule has 2 atom stereocenters. The zero-order valence-corrected chi connectivity index (χ0v) is 7.38. The number of urea groups is 1. The number of amides is 2. The van der Waals surface area contributed by atoms with Crippen molar-refractivity contribution in [2.45, 2.75) is 25.9 Å². The van der Waals surface area contributed by atoms with Crippen molar-refractivity contribution in [2.24, 2.45) is 11.7 Å². The number of rotatable bonds is 3. The molecule has 1 rings (SSSR count). The van der Waals surface area contributed by atoms with E-state index in [0.717, 1.165) is 19.4 Å². The van der Waals surface area contributed by atoms with Crippen LogP contribution in [0.25, 0.3) is 0 Å². The maximum absolute atomic E-state index is 10.4. The summed E-state index contributed by atoms with van der Waals surface area (Å²) in [4.78, 5) is 10.4. The second-order valence-corrected chi connectivity index (χ2v) is 3.11. The van der Waals surface area contributed by atoms with Gasteiger partial charge >= 0.3 is 6.03 Å². The van der Waals surface area contributed by atoms with E-state index in [9.17, 15) is 4.79 Å². The number of hydrogen-bond acceptors (Lipinski definition) is 2. The Hall–Kier alpha value is -0.770. The Morgan fingerprint density at radius 3 is 3.08 bits per heavy atom. The Morgan fingerprint density at radius 1 is 1.75 bits per heavy atom. The second kappa shape index (κ2) is 4.30. The maximum atomic E-state index is 10.4. The third-order valence-corrected chi connectivity index (χ3v) is 2.29. The Bertz CT molecular complexity index is 161. The first-order valence-electron chi connectivity index (χ1n) is 4.39. The van der Waals surface area contributed by atoms with E-state index in [1.807, 2.05) is 0 Å². The maximum Gasteiger partial charge on any atom is 0.312 e. The normalized spacial score (nSPS) is 28.8. The van der Waals surface area contributed by atoms with Crippen LogP contribution < -0.4 is 11.1 Å². The molecule has 1 aliphatic rings. The standard InChI is InChI=1S/C8H16N2O2/c1-2-7-6(3-4-12-7)5-10-8(9)11/h6-7H,2-5H2,1H3,(H3,9,10,11). The summed E-state index contributed by atoms with van der Waals surface area (Å²) in [7, 11) is 0. The average Bonchev–Trinajstić information content (AvgIpc) is 2.47. The van der Waals surface area contributed by atoms with E-state index in [-0.39, 0.29) is 0 Å². The van der Waals surface area contributed by atoms with Gasteiger partial charge in [-0.3, -0.25) is 0 Å². The van der Waals surface area contributed by atoms with Crippen molar-refractivity contribution in [1.29, 1.82) is 0 Å². The summed E-state index contributed by atoms with van der Waals surface area (Å²) >= 11 is 0. The van der Waals surface area contributed by atoms with Gasteiger partial charge in [0.15, 0.2) is 0 Å². The Morgan fingerprint density at radius 2 is 2.50 bits per heavy atom. The van der Waals surface area contributed by atoms with Crippen LogP contribution in [-0.2, 0) is 4.74 Å². The van der Waals surface area contributed by atoms with Crippen molar-refractivity contribution < 1.29 is 9.53 Å². The molecule has 0 aromatic rings. The number of nitrogens with one attached hydrogen (secondary N) is 1. The van der Waals surface area contributed by atoms with Crippen LogP contribution in [0.4, 0.5) is 4.79 Å². The van der Waals surface area contributed by atoms with E-state index in [0.29, 0.717) is 18.6 Å². The topological polar surface area (TPSA) is 64.3 Å². The molecule has 0 bridgehead atoms. The van der Waals surface area contributed by atoms with Gasteiger partial charge in [-0.1, -0.05) is 6.92 Å². The molecule has 0 aromatic heterocycles. The van der Waals surface area contributed by atoms with Crippen molar-refractivity contribution in [3.63, 3.8) is 0 Å². The zero-order chi connectivity index (χ0) is 8.97. The molecule has 0 radical (unpaired) electrons. The highest BCUT2D eigenvalue weighted by Gasteiger charge is 2.26. The van der Waals surface area contributed by atoms with Crippen molar-refractivity contribution in [3.05, 3.63) is 0 Å². The summed E-state index contributed by atoms with van der Waals surface area (Å²) in [6, 6.07) is -0.447. The lowest BCUT2D eigenvalue weighted by Gasteiger charge is -2.16. The first kappa shape index (κ1) is 9.32. The van der Waals surface area contributed by atoms with Gasteiger partial charge in [0.1, 0.15) is 0 Å². The van der Waals surface area contributed by atoms with Crippen molar-refractivity contribution >= 4 is 6.03 Å². The van der Waals surface area contributed by atoms with Crippen molar-refractivity contribution in [3.8, 4) is 0 Å². The fraction of sp³-hybridized carbons (Fsp3) is 0.875. The number of ether oxygens (including phenoxy) is 1. The van der Waals surface area contributed by atoms with E-state index >= 15 is 0 Å². The Labute approximate surface area is 72.5 Å². The SMILES string of the molecule is CCC1OCCC1CNC(N)=O. The monoisotopic (exact) mass is 172 g/mol. The molecular formula is C8H16N2O2. The highest BCUT2D eigenvalue weighted by molar-refractivity contribution is 5.71. The summed E-state index contributed by atoms with van der Waals surface area (Å²) in [6.07, 6.45) is 2.33. The number of primary amides is 1. The first-order valence-corrected chi connectivity index (χ1v) is 4.39. The van der Waals surface area contributed by atoms with Crippen LogP contribution in [0.15, 0.2) is 0 Å². The quantitative estimate of drug-likeness (QED) is 0.650. The Kier molecular flexibility index (Phi) is 3.34. The second-order valence-electron chi connectivity index (χ2n) is 3.11. The highest BCUT2D eigenvalue weighted by atomic mass is 16.5. The van der Waals surface area contributed by atoms with Crippen molar-refractivity contribution in [1.82, 2.24) is 5.32 Å². The largest absolute Gasteiger partial charge is 0.378 e. The van der Waals surface area contributed by atoms with E-state index in [2.05, 4.69) is 12.2 Å². The molecule has 2 unspecified atom stereocenters. The minimum absolute atomic E-state index is 0.303. The molecule has 0 aliphatic carbocycles. The number of hydrogen-bond donors (Lipinski definition) is 2. The molecule has 0 aromatic carbocycles. The molecule has 12 heavy (non-hydrogen) atoms. The van der Waals surface area contributed by atoms with Gasteiger partial charge < -0.3 is 15.8 Å². The van der Waals surface area contributed by atoms with E-state index in [1.165, 1.54) is 0 Å². The predicted molar refractivity (Wildman–Crippen MR) is 45.7 cm³/mol. The van der Waals surface area contributed by atoms with Crippen LogP contribution in [-0.4, -0.2) is 25.3 Å². The summed E-state index contributed by atoms with van der Waals surface area (Å²) in [5, 5.41) is 2.61. The van der Waals surface area contributed by atoms with Crippen LogP contribution in [0.5, 0.6) is 0 Å². The van der Waals surface area contributed by atoms with E-state index < -0.39 is 6.03 Å². The van der Waals surface area contributed by atoms with Crippen LogP contribution in [0.1, 0.15) is 19.8 Å². The van der Waals surface area contributed by atoms with E-state index in [4.69, 9.17) is 10.5 Å². The van der Waals surface area contributed by atoms with Gasteiger partial charge in [-0.25, -0.2) is 4.79 Å². The first-order chi connectivity index (χ1) is 5.74. The van der Waals surface area contributed by atoms with Gasteiger partial charge in [0.25, 0.3) is 0 Å². The van der Waals surface area contributed by atoms with Gasteiger partial charge in [0, 0.05) is 19.1 Å². The smallest absolute Gasteiger partial charge is 0.312 e. The third kappa shape index (κ3) is 2.37. The fourth-order valence-corrected chi connectivity index (χ4v) is 1.61. The number of carbonyl (C=O) groups is 1. The molecular weight excluding hydrogens is 156 g/mol. The summed E-state index contributed by atoms with van der Waals surface area (Å²) in [5.74, 6) is 0.447. The lowest BCUT2D eigenvalue weighted by atomic mass is 10.00. The summed E-state index contributed by atoms with van der Waals surface area (Å²) in [5.41, 5.74) is 4.97. The highest BCUT2D eigenvalue weighted by Crippen LogP contribution is 2.22. The molecule has 4 heteroatoms. The van der Waals surface area contributed by atoms with Crippen LogP contribution in [0, 0.1) is 5.92 Å². The molecule has 0 saturated carbocycles. The fourth-order valence-electron chi connectivity index (χ4n) is 1.61. The molecule has 4 nitrogen and oxygen atoms in total. The number of nitrogens with two attached hydrogens (primary N) is 1. The van der Waals surface area contributed by atoms with Gasteiger partial charge in [-0.2, -0.15) is 0 Å². The van der Waals surface area contributed by atoms with E-state index in [1.54, 1.807) is 0 Å². The van der Waals surface area contributed by atoms with Crippen LogP contribution >= 0.6 is 0 Å². The van der Waals surface area contributed by atoms with Gasteiger partial charge in [-0.15, -0.1) is 0 Å². The molecule has 0 spiro atoms. The molecule has 3 N–H and O–H groups in total. The summed E-state index contributed by atoms with van der Waals surface area (Å²) in [6.45, 7) is 3.55. The third-order valence-electron chi connectivity index (χ3n) is 2.29. The average molecular weight is 172 g/mol. The van der Waals surface area contributed by atoms with Crippen LogP contribution in [0.2, 0.25) is 0 Å². The number of carbonyl (C=O) groups excluding carboxylic acids is 1. The summed E-state index contributed by atoms with van der Waals surface area (Å²) < 4.78 is 5.45. The van der Waals surface area contributed by atoms with Crippen LogP contribution in [0.3, 0.4) is 0 Å².